The fourth-order valence-corrected chi connectivity index (χ4v) is 11.9. The Labute approximate surface area is 436 Å². The lowest BCUT2D eigenvalue weighted by Crippen LogP contribution is -2.12. The quantitative estimate of drug-likeness (QED) is 0.160. The predicted molar refractivity (Wildman–Crippen MR) is 312 cm³/mol. The zero-order chi connectivity index (χ0) is 50.4. The molecule has 0 aliphatic carbocycles. The monoisotopic (exact) mass is 972 g/mol. The highest BCUT2D eigenvalue weighted by molar-refractivity contribution is 6.28. The van der Waals surface area contributed by atoms with Crippen molar-refractivity contribution in [2.24, 2.45) is 0 Å². The summed E-state index contributed by atoms with van der Waals surface area (Å²) >= 11 is 0. The highest BCUT2D eigenvalue weighted by Crippen LogP contribution is 2.46. The molecule has 356 valence electrons. The Morgan fingerprint density at radius 1 is 0.289 bits per heavy atom. The van der Waals surface area contributed by atoms with Crippen LogP contribution < -0.4 is 0 Å². The van der Waals surface area contributed by atoms with Crippen LogP contribution in [0, 0.1) is 0 Å². The van der Waals surface area contributed by atoms with E-state index in [1.165, 1.54) is 0 Å². The molecule has 0 aliphatic rings. The molecule has 0 unspecified atom stereocenters. The Morgan fingerprint density at radius 2 is 0.789 bits per heavy atom. The molecule has 0 fully saturated rings. The molecule has 15 rings (SSSR count). The van der Waals surface area contributed by atoms with Gasteiger partial charge in [-0.05, 0) is 112 Å². The molecule has 6 heteroatoms. The van der Waals surface area contributed by atoms with E-state index in [1.54, 1.807) is 0 Å². The van der Waals surface area contributed by atoms with Gasteiger partial charge in [0.25, 0.3) is 11.8 Å². The molecule has 6 nitrogen and oxygen atoms in total. The molecule has 15 aromatic rings. The van der Waals surface area contributed by atoms with Crippen LogP contribution in [0.3, 0.4) is 0 Å². The van der Waals surface area contributed by atoms with Gasteiger partial charge in [-0.2, -0.15) is 0 Å². The summed E-state index contributed by atoms with van der Waals surface area (Å²) in [5, 5.41) is 8.11. The van der Waals surface area contributed by atoms with E-state index in [2.05, 4.69) is 173 Å². The minimum atomic E-state index is -0.102. The largest absolute Gasteiger partial charge is 0.307 e. The number of para-hydroxylation sites is 3. The van der Waals surface area contributed by atoms with Gasteiger partial charge in [-0.3, -0.25) is 18.7 Å². The van der Waals surface area contributed by atoms with Crippen LogP contribution in [0.5, 0.6) is 0 Å². The van der Waals surface area contributed by atoms with Gasteiger partial charge in [0.1, 0.15) is 0 Å². The van der Waals surface area contributed by atoms with Crippen LogP contribution in [-0.4, -0.2) is 30.1 Å². The SMILES string of the molecule is O=C(c1ccccc1)n1c2ccccc2c2ccc3cc(-c4ccccc4)n(-c4ccc(-c5cc6cc(-c7ccccc7)n(-c7ccccc7)c6c6c5c5ccccc5n6C(=O)c5ccc6ccccc6c5)cc4)c3c21. The fourth-order valence-electron chi connectivity index (χ4n) is 11.9. The topological polar surface area (TPSA) is 53.9 Å². The number of carbonyl (C=O) groups excluding carboxylic acids is 2. The van der Waals surface area contributed by atoms with E-state index >= 15 is 4.79 Å². The average molecular weight is 973 g/mol. The normalized spacial score (nSPS) is 11.8. The van der Waals surface area contributed by atoms with Crippen LogP contribution in [-0.2, 0) is 0 Å². The van der Waals surface area contributed by atoms with Crippen molar-refractivity contribution in [1.82, 2.24) is 18.3 Å². The summed E-state index contributed by atoms with van der Waals surface area (Å²) in [5.74, 6) is -0.187. The number of nitrogens with zero attached hydrogens (tertiary/aromatic N) is 4. The number of benzene rings is 11. The van der Waals surface area contributed by atoms with Gasteiger partial charge in [0.05, 0.1) is 44.5 Å². The Bertz CT molecular complexity index is 4810. The number of carbonyl (C=O) groups is 2. The van der Waals surface area contributed by atoms with Gasteiger partial charge in [0.15, 0.2) is 0 Å². The molecule has 0 radical (unpaired) electrons. The number of rotatable bonds is 7. The first kappa shape index (κ1) is 43.3. The second-order valence-electron chi connectivity index (χ2n) is 19.6. The number of hydrogen-bond donors (Lipinski definition) is 0. The maximum absolute atomic E-state index is 15.7. The van der Waals surface area contributed by atoms with E-state index in [9.17, 15) is 4.79 Å². The van der Waals surface area contributed by atoms with Crippen molar-refractivity contribution in [1.29, 1.82) is 0 Å². The molecule has 0 N–H and O–H groups in total. The molecular weight excluding hydrogens is 929 g/mol. The Kier molecular flexibility index (Phi) is 9.77. The lowest BCUT2D eigenvalue weighted by Gasteiger charge is -2.16. The van der Waals surface area contributed by atoms with E-state index < -0.39 is 0 Å². The van der Waals surface area contributed by atoms with Crippen molar-refractivity contribution in [3.8, 4) is 45.0 Å². The molecule has 11 aromatic carbocycles. The third-order valence-electron chi connectivity index (χ3n) is 15.3. The molecule has 0 spiro atoms. The van der Waals surface area contributed by atoms with Crippen LogP contribution in [0.2, 0.25) is 0 Å². The van der Waals surface area contributed by atoms with E-state index in [-0.39, 0.29) is 11.8 Å². The second-order valence-corrected chi connectivity index (χ2v) is 19.6. The van der Waals surface area contributed by atoms with Gasteiger partial charge in [-0.15, -0.1) is 0 Å². The lowest BCUT2D eigenvalue weighted by atomic mass is 9.97. The van der Waals surface area contributed by atoms with E-state index in [0.717, 1.165) is 121 Å². The van der Waals surface area contributed by atoms with Crippen LogP contribution in [0.25, 0.3) is 121 Å². The molecule has 0 aliphatic heterocycles. The zero-order valence-corrected chi connectivity index (χ0v) is 41.0. The minimum absolute atomic E-state index is 0.0853. The molecule has 4 aromatic heterocycles. The maximum atomic E-state index is 15.7. The van der Waals surface area contributed by atoms with Gasteiger partial charge >= 0.3 is 0 Å². The maximum Gasteiger partial charge on any atom is 0.262 e. The predicted octanol–water partition coefficient (Wildman–Crippen LogP) is 17.3. The summed E-state index contributed by atoms with van der Waals surface area (Å²) in [4.78, 5) is 30.5. The minimum Gasteiger partial charge on any atom is -0.307 e. The summed E-state index contributed by atoms with van der Waals surface area (Å²) in [6.45, 7) is 0. The van der Waals surface area contributed by atoms with Crippen LogP contribution >= 0.6 is 0 Å². The first-order valence-electron chi connectivity index (χ1n) is 25.7. The molecule has 0 amide bonds. The lowest BCUT2D eigenvalue weighted by molar-refractivity contribution is 0.0961. The summed E-state index contributed by atoms with van der Waals surface area (Å²) in [6.07, 6.45) is 0. The van der Waals surface area contributed by atoms with Crippen molar-refractivity contribution in [2.75, 3.05) is 0 Å². The van der Waals surface area contributed by atoms with Crippen LogP contribution in [0.4, 0.5) is 0 Å². The smallest absolute Gasteiger partial charge is 0.262 e. The molecule has 0 saturated carbocycles. The van der Waals surface area contributed by atoms with Gasteiger partial charge in [-0.25, -0.2) is 0 Å². The second kappa shape index (κ2) is 17.2. The molecule has 0 saturated heterocycles. The van der Waals surface area contributed by atoms with Crippen LogP contribution in [0.15, 0.2) is 267 Å². The Morgan fingerprint density at radius 3 is 1.47 bits per heavy atom. The molecule has 76 heavy (non-hydrogen) atoms. The third-order valence-corrected chi connectivity index (χ3v) is 15.3. The fraction of sp³-hybridized carbons (Fsp3) is 0. The first-order valence-corrected chi connectivity index (χ1v) is 25.7. The Balaban J connectivity index is 1.01. The summed E-state index contributed by atoms with van der Waals surface area (Å²) < 4.78 is 8.52. The molecule has 0 bridgehead atoms. The number of aromatic nitrogens is 4. The highest BCUT2D eigenvalue weighted by atomic mass is 16.2. The number of hydrogen-bond acceptors (Lipinski definition) is 2. The number of fused-ring (bicyclic) bond motifs is 11. The van der Waals surface area contributed by atoms with Crippen LogP contribution in [0.1, 0.15) is 20.7 Å². The third kappa shape index (κ3) is 6.61. The average Bonchev–Trinajstić information content (AvgIpc) is 4.44. The van der Waals surface area contributed by atoms with Gasteiger partial charge in [0, 0.05) is 54.8 Å². The van der Waals surface area contributed by atoms with Crippen molar-refractivity contribution in [3.05, 3.63) is 278 Å². The van der Waals surface area contributed by atoms with Crippen molar-refractivity contribution < 1.29 is 9.59 Å². The summed E-state index contributed by atoms with van der Waals surface area (Å²) in [7, 11) is 0. The van der Waals surface area contributed by atoms with Crippen molar-refractivity contribution in [3.63, 3.8) is 0 Å². The van der Waals surface area contributed by atoms with E-state index in [4.69, 9.17) is 0 Å². The molecular formula is C70H44N4O2. The zero-order valence-electron chi connectivity index (χ0n) is 41.0. The Hall–Kier alpha value is -10.3. The summed E-state index contributed by atoms with van der Waals surface area (Å²) in [6, 6.07) is 91.7. The van der Waals surface area contributed by atoms with E-state index in [1.807, 2.05) is 112 Å². The van der Waals surface area contributed by atoms with Gasteiger partial charge < -0.3 is 9.13 Å². The van der Waals surface area contributed by atoms with E-state index in [0.29, 0.717) is 11.1 Å². The van der Waals surface area contributed by atoms with Crippen molar-refractivity contribution in [2.45, 2.75) is 0 Å². The standard InChI is InChI=1S/C70H44N4O2/c75-69(49-24-9-3-10-25-49)73-60-31-17-15-29-56(60)57-40-37-51-43-62(47-20-5-1-6-21-47)72(65(51)67(57)73)55-38-35-46(36-39-55)59-42-53-44-63(48-22-7-2-8-23-48)71(54-27-11-4-12-28-54)66(53)68-64(59)58-30-16-18-32-61(58)74(68)70(76)52-34-33-45-19-13-14-26-50(45)41-52/h1-44H. The van der Waals surface area contributed by atoms with Crippen molar-refractivity contribution >= 4 is 88.0 Å². The summed E-state index contributed by atoms with van der Waals surface area (Å²) in [5.41, 5.74) is 14.6. The molecule has 4 heterocycles. The first-order chi connectivity index (χ1) is 37.6. The molecule has 0 atom stereocenters. The highest BCUT2D eigenvalue weighted by Gasteiger charge is 2.28. The van der Waals surface area contributed by atoms with Gasteiger partial charge in [-0.1, -0.05) is 188 Å². The van der Waals surface area contributed by atoms with Gasteiger partial charge in [0.2, 0.25) is 0 Å².